The number of hydrogen-bond donors (Lipinski definition) is 2. The lowest BCUT2D eigenvalue weighted by Gasteiger charge is -2.31. The van der Waals surface area contributed by atoms with E-state index in [0.29, 0.717) is 13.0 Å². The van der Waals surface area contributed by atoms with Gasteiger partial charge in [-0.1, -0.05) is 18.2 Å². The van der Waals surface area contributed by atoms with Crippen molar-refractivity contribution in [1.82, 2.24) is 4.72 Å². The van der Waals surface area contributed by atoms with E-state index < -0.39 is 17.3 Å². The van der Waals surface area contributed by atoms with Gasteiger partial charge >= 0.3 is 0 Å². The summed E-state index contributed by atoms with van der Waals surface area (Å²) in [4.78, 5) is 13.7. The molecule has 2 rings (SSSR count). The molecule has 92 valence electrons. The smallest absolute Gasteiger partial charge is 0.245 e. The summed E-state index contributed by atoms with van der Waals surface area (Å²) in [6.45, 7) is 0.652. The quantitative estimate of drug-likeness (QED) is 0.788. The van der Waals surface area contributed by atoms with Crippen LogP contribution >= 0.6 is 0 Å². The first kappa shape index (κ1) is 12.2. The van der Waals surface area contributed by atoms with E-state index in [1.807, 2.05) is 30.3 Å². The predicted octanol–water partition coefficient (Wildman–Crippen LogP) is 0.908. The summed E-state index contributed by atoms with van der Waals surface area (Å²) in [7, 11) is 0. The van der Waals surface area contributed by atoms with Crippen LogP contribution in [0.2, 0.25) is 0 Å². The molecular weight excluding hydrogens is 240 g/mol. The van der Waals surface area contributed by atoms with E-state index in [0.717, 1.165) is 12.1 Å². The van der Waals surface area contributed by atoms with Crippen molar-refractivity contribution in [2.75, 3.05) is 11.4 Å². The fourth-order valence-corrected chi connectivity index (χ4v) is 2.43. The third-order valence-corrected chi connectivity index (χ3v) is 3.24. The van der Waals surface area contributed by atoms with E-state index in [1.54, 1.807) is 4.90 Å². The minimum atomic E-state index is -2.15. The van der Waals surface area contributed by atoms with E-state index in [1.165, 1.54) is 0 Å². The minimum absolute atomic E-state index is 0.148. The van der Waals surface area contributed by atoms with Gasteiger partial charge in [-0.05, 0) is 25.0 Å². The molecule has 6 heteroatoms. The lowest BCUT2D eigenvalue weighted by molar-refractivity contribution is -0.121. The number of piperidine rings is 1. The van der Waals surface area contributed by atoms with Crippen molar-refractivity contribution in [3.8, 4) is 0 Å². The Morgan fingerprint density at radius 3 is 2.71 bits per heavy atom. The second-order valence-electron chi connectivity index (χ2n) is 3.89. The second kappa shape index (κ2) is 5.39. The lowest BCUT2D eigenvalue weighted by Crippen LogP contribution is -2.51. The minimum Gasteiger partial charge on any atom is -0.311 e. The van der Waals surface area contributed by atoms with E-state index in [-0.39, 0.29) is 5.91 Å². The van der Waals surface area contributed by atoms with Gasteiger partial charge in [-0.2, -0.15) is 0 Å². The van der Waals surface area contributed by atoms with Gasteiger partial charge in [-0.25, -0.2) is 8.93 Å². The molecule has 1 heterocycles. The highest BCUT2D eigenvalue weighted by molar-refractivity contribution is 7.77. The van der Waals surface area contributed by atoms with Crippen molar-refractivity contribution >= 4 is 22.9 Å². The Labute approximate surface area is 102 Å². The number of nitrogens with one attached hydrogen (secondary N) is 1. The molecule has 5 nitrogen and oxygen atoms in total. The van der Waals surface area contributed by atoms with Crippen LogP contribution in [-0.2, 0) is 16.1 Å². The molecule has 0 bridgehead atoms. The van der Waals surface area contributed by atoms with Gasteiger partial charge in [0.2, 0.25) is 17.2 Å². The Morgan fingerprint density at radius 2 is 2.06 bits per heavy atom. The van der Waals surface area contributed by atoms with Crippen molar-refractivity contribution in [3.05, 3.63) is 30.3 Å². The highest BCUT2D eigenvalue weighted by atomic mass is 32.2. The molecule has 17 heavy (non-hydrogen) atoms. The van der Waals surface area contributed by atoms with Crippen molar-refractivity contribution < 1.29 is 13.6 Å². The van der Waals surface area contributed by atoms with Crippen molar-refractivity contribution in [3.63, 3.8) is 0 Å². The number of amides is 1. The third-order valence-electron chi connectivity index (χ3n) is 2.75. The van der Waals surface area contributed by atoms with Crippen LogP contribution in [0, 0.1) is 0 Å². The van der Waals surface area contributed by atoms with Gasteiger partial charge < -0.3 is 4.90 Å². The number of carbonyl (C=O) groups excluding carboxylic acids is 1. The van der Waals surface area contributed by atoms with Crippen LogP contribution in [0.25, 0.3) is 0 Å². The van der Waals surface area contributed by atoms with Gasteiger partial charge in [0.1, 0.15) is 6.04 Å². The number of rotatable bonds is 3. The molecule has 0 aliphatic carbocycles. The van der Waals surface area contributed by atoms with E-state index >= 15 is 0 Å². The fourth-order valence-electron chi connectivity index (χ4n) is 1.97. The van der Waals surface area contributed by atoms with Crippen LogP contribution in [0.4, 0.5) is 5.69 Å². The molecule has 1 aromatic rings. The zero-order chi connectivity index (χ0) is 12.3. The van der Waals surface area contributed by atoms with Crippen LogP contribution in [0.15, 0.2) is 30.3 Å². The van der Waals surface area contributed by atoms with Gasteiger partial charge in [0.15, 0.2) is 0 Å². The monoisotopic (exact) mass is 254 g/mol. The molecule has 2 unspecified atom stereocenters. The molecule has 1 aromatic carbocycles. The van der Waals surface area contributed by atoms with Gasteiger partial charge in [-0.15, -0.1) is 0 Å². The molecule has 2 atom stereocenters. The van der Waals surface area contributed by atoms with Crippen molar-refractivity contribution in [2.24, 2.45) is 0 Å². The highest BCUT2D eigenvalue weighted by Gasteiger charge is 2.30. The van der Waals surface area contributed by atoms with Crippen LogP contribution in [0.5, 0.6) is 0 Å². The molecule has 0 radical (unpaired) electrons. The highest BCUT2D eigenvalue weighted by Crippen LogP contribution is 2.20. The molecule has 0 spiro atoms. The molecular formula is C11H14N2O3S. The Hall–Kier alpha value is -1.24. The maximum absolute atomic E-state index is 12.1. The number of hydrogen-bond acceptors (Lipinski definition) is 2. The van der Waals surface area contributed by atoms with Crippen molar-refractivity contribution in [2.45, 2.75) is 18.9 Å². The van der Waals surface area contributed by atoms with Crippen LogP contribution in [-0.4, -0.2) is 27.3 Å². The first-order valence-electron chi connectivity index (χ1n) is 5.42. The molecule has 1 amide bonds. The maximum Gasteiger partial charge on any atom is 0.245 e. The van der Waals surface area contributed by atoms with Crippen LogP contribution in [0.1, 0.15) is 12.8 Å². The molecule has 0 aromatic heterocycles. The maximum atomic E-state index is 12.1. The van der Waals surface area contributed by atoms with Crippen LogP contribution in [0.3, 0.4) is 0 Å². The number of carbonyl (C=O) groups is 1. The summed E-state index contributed by atoms with van der Waals surface area (Å²) >= 11 is -2.15. The fraction of sp³-hybridized carbons (Fsp3) is 0.364. The summed E-state index contributed by atoms with van der Waals surface area (Å²) in [6, 6.07) is 8.76. The topological polar surface area (TPSA) is 69.6 Å². The van der Waals surface area contributed by atoms with Gasteiger partial charge in [0.05, 0.1) is 0 Å². The number of anilines is 1. The lowest BCUT2D eigenvalue weighted by atomic mass is 10.0. The predicted molar refractivity (Wildman–Crippen MR) is 65.7 cm³/mol. The number of para-hydroxylation sites is 1. The van der Waals surface area contributed by atoms with E-state index in [9.17, 15) is 9.00 Å². The summed E-state index contributed by atoms with van der Waals surface area (Å²) < 4.78 is 21.8. The Kier molecular flexibility index (Phi) is 3.88. The average Bonchev–Trinajstić information content (AvgIpc) is 2.32. The first-order chi connectivity index (χ1) is 8.18. The molecule has 1 saturated heterocycles. The molecule has 0 saturated carbocycles. The first-order valence-corrected chi connectivity index (χ1v) is 6.52. The van der Waals surface area contributed by atoms with Gasteiger partial charge in [0, 0.05) is 12.2 Å². The largest absolute Gasteiger partial charge is 0.311 e. The van der Waals surface area contributed by atoms with Crippen LogP contribution < -0.4 is 9.62 Å². The zero-order valence-electron chi connectivity index (χ0n) is 9.20. The Bertz CT molecular complexity index is 424. The summed E-state index contributed by atoms with van der Waals surface area (Å²) in [5.74, 6) is -0.148. The normalized spacial score (nSPS) is 22.5. The summed E-state index contributed by atoms with van der Waals surface area (Å²) in [5, 5.41) is 0. The zero-order valence-corrected chi connectivity index (χ0v) is 10.0. The molecule has 2 N–H and O–H groups in total. The van der Waals surface area contributed by atoms with E-state index in [2.05, 4.69) is 4.72 Å². The second-order valence-corrected chi connectivity index (χ2v) is 4.62. The van der Waals surface area contributed by atoms with Gasteiger partial charge in [0.25, 0.3) is 0 Å². The third kappa shape index (κ3) is 2.91. The average molecular weight is 254 g/mol. The van der Waals surface area contributed by atoms with Crippen molar-refractivity contribution in [1.29, 1.82) is 0 Å². The molecule has 1 fully saturated rings. The van der Waals surface area contributed by atoms with Gasteiger partial charge in [-0.3, -0.25) is 9.35 Å². The summed E-state index contributed by atoms with van der Waals surface area (Å²) in [6.07, 6.45) is 1.41. The summed E-state index contributed by atoms with van der Waals surface area (Å²) in [5.41, 5.74) is 0.827. The standard InChI is InChI=1S/C11H14N2O3S/c14-11-10(12-17(15)16)7-4-8-13(11)9-5-2-1-3-6-9/h1-3,5-6,10,12H,4,7-8H2,(H,15,16). The Morgan fingerprint density at radius 1 is 1.35 bits per heavy atom. The van der Waals surface area contributed by atoms with E-state index in [4.69, 9.17) is 4.55 Å². The molecule has 1 aliphatic heterocycles. The molecule has 1 aliphatic rings. The SMILES string of the molecule is O=C1C(NS(=O)O)CCCN1c1ccccc1. The number of benzene rings is 1. The Balaban J connectivity index is 2.14. The number of nitrogens with zero attached hydrogens (tertiary/aromatic N) is 1.